The van der Waals surface area contributed by atoms with Crippen LogP contribution in [0.3, 0.4) is 0 Å². The van der Waals surface area contributed by atoms with Gasteiger partial charge < -0.3 is 15.7 Å². The number of unbranched alkanes of at least 4 members (excludes halogenated alkanes) is 1. The number of carbonyl (C=O) groups excluding carboxylic acids is 2. The number of benzene rings is 1. The summed E-state index contributed by atoms with van der Waals surface area (Å²) in [5.74, 6) is -1.46. The minimum atomic E-state index is -1.03. The van der Waals surface area contributed by atoms with Crippen molar-refractivity contribution in [2.24, 2.45) is 0 Å². The van der Waals surface area contributed by atoms with Gasteiger partial charge in [-0.3, -0.25) is 9.69 Å². The van der Waals surface area contributed by atoms with Crippen molar-refractivity contribution in [1.82, 2.24) is 10.6 Å². The molecule has 1 aliphatic heterocycles. The highest BCUT2D eigenvalue weighted by Crippen LogP contribution is 2.17. The van der Waals surface area contributed by atoms with Crippen molar-refractivity contribution in [1.29, 1.82) is 0 Å². The summed E-state index contributed by atoms with van der Waals surface area (Å²) >= 11 is 0. The van der Waals surface area contributed by atoms with Crippen LogP contribution in [0.5, 0.6) is 0 Å². The van der Waals surface area contributed by atoms with Crippen molar-refractivity contribution in [2.45, 2.75) is 32.2 Å². The molecule has 0 aromatic heterocycles. The van der Waals surface area contributed by atoms with Crippen LogP contribution in [0.15, 0.2) is 24.3 Å². The number of nitrogens with one attached hydrogen (secondary N) is 2. The van der Waals surface area contributed by atoms with E-state index in [2.05, 4.69) is 10.6 Å². The van der Waals surface area contributed by atoms with E-state index in [0.29, 0.717) is 30.8 Å². The van der Waals surface area contributed by atoms with E-state index in [0.717, 1.165) is 12.8 Å². The smallest absolute Gasteiger partial charge is 0.326 e. The molecular formula is C16H21N3O4. The Morgan fingerprint density at radius 2 is 2.04 bits per heavy atom. The Balaban J connectivity index is 2.01. The molecule has 1 atom stereocenters. The molecule has 7 heteroatoms. The fourth-order valence-electron chi connectivity index (χ4n) is 2.42. The second kappa shape index (κ2) is 7.62. The number of amides is 3. The van der Waals surface area contributed by atoms with Crippen molar-refractivity contribution >= 4 is 23.6 Å². The Morgan fingerprint density at radius 3 is 2.57 bits per heavy atom. The molecular weight excluding hydrogens is 298 g/mol. The molecule has 1 unspecified atom stereocenters. The van der Waals surface area contributed by atoms with Crippen molar-refractivity contribution in [2.75, 3.05) is 18.0 Å². The van der Waals surface area contributed by atoms with Gasteiger partial charge in [0.25, 0.3) is 5.91 Å². The second-order valence-electron chi connectivity index (χ2n) is 5.44. The van der Waals surface area contributed by atoms with Crippen molar-refractivity contribution in [3.05, 3.63) is 29.8 Å². The topological polar surface area (TPSA) is 98.7 Å². The third kappa shape index (κ3) is 4.21. The average molecular weight is 319 g/mol. The Morgan fingerprint density at radius 1 is 1.35 bits per heavy atom. The van der Waals surface area contributed by atoms with Crippen molar-refractivity contribution in [3.63, 3.8) is 0 Å². The summed E-state index contributed by atoms with van der Waals surface area (Å²) in [7, 11) is 0. The van der Waals surface area contributed by atoms with Gasteiger partial charge >= 0.3 is 12.0 Å². The van der Waals surface area contributed by atoms with Gasteiger partial charge in [0.05, 0.1) is 0 Å². The van der Waals surface area contributed by atoms with Crippen LogP contribution in [0.25, 0.3) is 0 Å². The van der Waals surface area contributed by atoms with E-state index in [-0.39, 0.29) is 6.03 Å². The molecule has 23 heavy (non-hydrogen) atoms. The quantitative estimate of drug-likeness (QED) is 0.710. The first-order valence-electron chi connectivity index (χ1n) is 7.72. The lowest BCUT2D eigenvalue weighted by atomic mass is 10.1. The third-order valence-electron chi connectivity index (χ3n) is 3.75. The van der Waals surface area contributed by atoms with Gasteiger partial charge in [0, 0.05) is 24.3 Å². The van der Waals surface area contributed by atoms with Gasteiger partial charge in [-0.2, -0.15) is 0 Å². The summed E-state index contributed by atoms with van der Waals surface area (Å²) in [6.45, 7) is 3.15. The van der Waals surface area contributed by atoms with Crippen LogP contribution in [-0.2, 0) is 4.79 Å². The highest BCUT2D eigenvalue weighted by Gasteiger charge is 2.22. The Hall–Kier alpha value is -2.57. The number of carboxylic acid groups (broad SMARTS) is 1. The lowest BCUT2D eigenvalue weighted by Crippen LogP contribution is -2.40. The van der Waals surface area contributed by atoms with Crippen LogP contribution in [0, 0.1) is 0 Å². The molecule has 1 aromatic rings. The second-order valence-corrected chi connectivity index (χ2v) is 5.44. The maximum atomic E-state index is 12.2. The predicted octanol–water partition coefficient (Wildman–Crippen LogP) is 1.59. The minimum Gasteiger partial charge on any atom is -0.480 e. The van der Waals surface area contributed by atoms with E-state index in [1.54, 1.807) is 29.2 Å². The number of urea groups is 1. The number of aliphatic carboxylic acids is 1. The highest BCUT2D eigenvalue weighted by atomic mass is 16.4. The predicted molar refractivity (Wildman–Crippen MR) is 85.6 cm³/mol. The molecule has 3 amide bonds. The summed E-state index contributed by atoms with van der Waals surface area (Å²) < 4.78 is 0. The van der Waals surface area contributed by atoms with Crippen LogP contribution in [0.2, 0.25) is 0 Å². The normalized spacial score (nSPS) is 15.2. The van der Waals surface area contributed by atoms with Gasteiger partial charge in [-0.05, 0) is 30.7 Å². The monoisotopic (exact) mass is 319 g/mol. The molecule has 1 saturated heterocycles. The van der Waals surface area contributed by atoms with Gasteiger partial charge in [0.15, 0.2) is 0 Å². The molecule has 1 aliphatic rings. The maximum Gasteiger partial charge on any atom is 0.326 e. The average Bonchev–Trinajstić information content (AvgIpc) is 2.97. The Bertz CT molecular complexity index is 585. The molecule has 0 spiro atoms. The largest absolute Gasteiger partial charge is 0.480 e. The van der Waals surface area contributed by atoms with Gasteiger partial charge in [-0.1, -0.05) is 19.8 Å². The number of nitrogens with zero attached hydrogens (tertiary/aromatic N) is 1. The van der Waals surface area contributed by atoms with E-state index in [1.807, 2.05) is 6.92 Å². The number of hydrogen-bond donors (Lipinski definition) is 3. The lowest BCUT2D eigenvalue weighted by molar-refractivity contribution is -0.139. The molecule has 1 heterocycles. The minimum absolute atomic E-state index is 0.160. The van der Waals surface area contributed by atoms with Crippen LogP contribution in [0.1, 0.15) is 36.5 Å². The lowest BCUT2D eigenvalue weighted by Gasteiger charge is -2.16. The molecule has 0 bridgehead atoms. The summed E-state index contributed by atoms with van der Waals surface area (Å²) in [6, 6.07) is 5.51. The zero-order chi connectivity index (χ0) is 16.8. The van der Waals surface area contributed by atoms with Gasteiger partial charge in [-0.15, -0.1) is 0 Å². The Labute approximate surface area is 134 Å². The first kappa shape index (κ1) is 16.8. The Kier molecular flexibility index (Phi) is 5.56. The summed E-state index contributed by atoms with van der Waals surface area (Å²) in [6.07, 6.45) is 2.01. The fourth-order valence-corrected chi connectivity index (χ4v) is 2.42. The van der Waals surface area contributed by atoms with Crippen LogP contribution in [0.4, 0.5) is 10.5 Å². The molecule has 0 saturated carbocycles. The molecule has 7 nitrogen and oxygen atoms in total. The van der Waals surface area contributed by atoms with Gasteiger partial charge in [0.2, 0.25) is 0 Å². The van der Waals surface area contributed by atoms with Crippen LogP contribution in [-0.4, -0.2) is 42.1 Å². The van der Waals surface area contributed by atoms with E-state index in [4.69, 9.17) is 5.11 Å². The molecule has 0 radical (unpaired) electrons. The molecule has 1 aromatic carbocycles. The standard InChI is InChI=1S/C16H21N3O4/c1-2-3-4-13(15(21)22)18-14(20)11-5-7-12(8-6-11)19-10-9-17-16(19)23/h5-8,13H,2-4,9-10H2,1H3,(H,17,23)(H,18,20)(H,21,22). The molecule has 0 aliphatic carbocycles. The summed E-state index contributed by atoms with van der Waals surface area (Å²) in [4.78, 5) is 36.5. The van der Waals surface area contributed by atoms with E-state index < -0.39 is 17.9 Å². The molecule has 2 rings (SSSR count). The van der Waals surface area contributed by atoms with Crippen molar-refractivity contribution < 1.29 is 19.5 Å². The van der Waals surface area contributed by atoms with E-state index >= 15 is 0 Å². The molecule has 124 valence electrons. The first-order chi connectivity index (χ1) is 11.0. The van der Waals surface area contributed by atoms with Crippen LogP contribution < -0.4 is 15.5 Å². The highest BCUT2D eigenvalue weighted by molar-refractivity contribution is 5.98. The number of rotatable bonds is 7. The number of carbonyl (C=O) groups is 3. The zero-order valence-corrected chi connectivity index (χ0v) is 13.0. The van der Waals surface area contributed by atoms with Gasteiger partial charge in [0.1, 0.15) is 6.04 Å². The number of hydrogen-bond acceptors (Lipinski definition) is 3. The van der Waals surface area contributed by atoms with E-state index in [1.165, 1.54) is 0 Å². The molecule has 3 N–H and O–H groups in total. The number of anilines is 1. The van der Waals surface area contributed by atoms with E-state index in [9.17, 15) is 14.4 Å². The third-order valence-corrected chi connectivity index (χ3v) is 3.75. The van der Waals surface area contributed by atoms with Crippen LogP contribution >= 0.6 is 0 Å². The van der Waals surface area contributed by atoms with Gasteiger partial charge in [-0.25, -0.2) is 9.59 Å². The fraction of sp³-hybridized carbons (Fsp3) is 0.438. The maximum absolute atomic E-state index is 12.2. The SMILES string of the molecule is CCCCC(NC(=O)c1ccc(N2CCNC2=O)cc1)C(=O)O. The number of carboxylic acids is 1. The molecule has 1 fully saturated rings. The first-order valence-corrected chi connectivity index (χ1v) is 7.72. The summed E-state index contributed by atoms with van der Waals surface area (Å²) in [5, 5.41) is 14.4. The zero-order valence-electron chi connectivity index (χ0n) is 13.0. The summed E-state index contributed by atoms with van der Waals surface area (Å²) in [5.41, 5.74) is 1.08. The van der Waals surface area contributed by atoms with Crippen molar-refractivity contribution in [3.8, 4) is 0 Å².